The van der Waals surface area contributed by atoms with E-state index in [4.69, 9.17) is 53.1 Å². The van der Waals surface area contributed by atoms with E-state index in [1.165, 1.54) is 71.6 Å². The van der Waals surface area contributed by atoms with Gasteiger partial charge in [-0.2, -0.15) is 0 Å². The van der Waals surface area contributed by atoms with E-state index in [2.05, 4.69) is 97.4 Å². The van der Waals surface area contributed by atoms with Crippen LogP contribution in [0.2, 0.25) is 0 Å². The third-order valence-electron chi connectivity index (χ3n) is 8.56. The molecule has 29 heteroatoms. The van der Waals surface area contributed by atoms with Gasteiger partial charge in [0.2, 0.25) is 23.6 Å². The van der Waals surface area contributed by atoms with Crippen LogP contribution in [0.3, 0.4) is 0 Å². The summed E-state index contributed by atoms with van der Waals surface area (Å²) in [6, 6.07) is 27.1. The van der Waals surface area contributed by atoms with Gasteiger partial charge in [0, 0.05) is 53.1 Å². The fraction of sp³-hybridized carbons (Fsp3) is 0.568. The van der Waals surface area contributed by atoms with Gasteiger partial charge < -0.3 is 132 Å². The summed E-state index contributed by atoms with van der Waals surface area (Å²) in [5, 5.41) is 10.9. The highest BCUT2D eigenvalue weighted by Crippen LogP contribution is 2.16. The van der Waals surface area contributed by atoms with Gasteiger partial charge in [-0.3, -0.25) is 19.2 Å². The predicted octanol–water partition coefficient (Wildman–Crippen LogP) is 8.78. The summed E-state index contributed by atoms with van der Waals surface area (Å²) in [6.07, 6.45) is 4.61. The summed E-state index contributed by atoms with van der Waals surface area (Å²) in [5.74, 6) is -0.245. The van der Waals surface area contributed by atoms with E-state index in [1.807, 2.05) is 218 Å². The van der Waals surface area contributed by atoms with Crippen molar-refractivity contribution in [3.63, 3.8) is 0 Å². The van der Waals surface area contributed by atoms with Gasteiger partial charge in [-0.05, 0) is 118 Å². The number of nitrogens with one attached hydrogen (secondary N) is 1. The van der Waals surface area contributed by atoms with Gasteiger partial charge in [-0.15, -0.1) is 0 Å². The Hall–Kier alpha value is -8.20. The van der Waals surface area contributed by atoms with Crippen LogP contribution in [0.25, 0.3) is 0 Å². The summed E-state index contributed by atoms with van der Waals surface area (Å²) in [6.45, 7) is 60.6. The van der Waals surface area contributed by atoms with Crippen LogP contribution in [0.1, 0.15) is 174 Å². The molecule has 25 N–H and O–H groups in total. The summed E-state index contributed by atoms with van der Waals surface area (Å²) in [7, 11) is 13.7. The number of aryl methyl sites for hydroxylation is 1. The van der Waals surface area contributed by atoms with Crippen molar-refractivity contribution in [2.24, 2.45) is 46.1 Å². The molecule has 3 atom stereocenters. The Labute approximate surface area is 631 Å². The molecule has 0 bridgehead atoms. The first-order valence-electron chi connectivity index (χ1n) is 32.4. The molecule has 0 spiro atoms. The molecule has 624 valence electrons. The minimum Gasteiger partial charge on any atom is -0.394 e. The van der Waals surface area contributed by atoms with Crippen molar-refractivity contribution in [2.75, 3.05) is 76.5 Å². The molecule has 0 radical (unpaired) electrons. The zero-order valence-electron chi connectivity index (χ0n) is 70.9. The minimum absolute atomic E-state index is 0. The summed E-state index contributed by atoms with van der Waals surface area (Å²) >= 11 is 0. The lowest BCUT2D eigenvalue weighted by Gasteiger charge is -2.35. The predicted molar refractivity (Wildman–Crippen MR) is 446 cm³/mol. The lowest BCUT2D eigenvalue weighted by molar-refractivity contribution is -0.147. The Kier molecular flexibility index (Phi) is 374. The van der Waals surface area contributed by atoms with Gasteiger partial charge >= 0.3 is 0 Å². The lowest BCUT2D eigenvalue weighted by atomic mass is 10.00. The Bertz CT molecular complexity index is 1670. The largest absolute Gasteiger partial charge is 0.394 e. The molecular weight excluding hydrogens is 1320 g/mol. The number of rotatable bonds is 11. The Balaban J connectivity index is -0.0000000317. The Morgan fingerprint density at radius 1 is 0.408 bits per heavy atom. The van der Waals surface area contributed by atoms with Crippen molar-refractivity contribution in [3.8, 4) is 0 Å². The zero-order valence-corrected chi connectivity index (χ0v) is 70.9. The van der Waals surface area contributed by atoms with Crippen molar-refractivity contribution in [1.82, 2.24) is 38.5 Å². The van der Waals surface area contributed by atoms with Gasteiger partial charge in [0.25, 0.3) is 0 Å². The number of hydrogen-bond acceptors (Lipinski definition) is 25. The van der Waals surface area contributed by atoms with Gasteiger partial charge in [0.05, 0.1) is 0 Å². The number of carbonyl (C=O) groups excluding carboxylic acids is 14. The van der Waals surface area contributed by atoms with Crippen LogP contribution < -0.4 is 63.9 Å². The molecule has 4 amide bonds. The fourth-order valence-electron chi connectivity index (χ4n) is 5.55. The van der Waals surface area contributed by atoms with E-state index in [0.717, 1.165) is 42.7 Å². The monoisotopic (exact) mass is 1490 g/mol. The molecule has 103 heavy (non-hydrogen) atoms. The number of amides is 4. The lowest BCUT2D eigenvalue weighted by Crippen LogP contribution is -2.58. The van der Waals surface area contributed by atoms with Crippen LogP contribution in [0.4, 0.5) is 0 Å². The molecule has 1 aliphatic rings. The fourth-order valence-corrected chi connectivity index (χ4v) is 5.55. The number of likely N-dealkylation sites (tertiary alicyclic amines) is 1. The first-order valence-corrected chi connectivity index (χ1v) is 32.4. The number of nitrogens with zero attached hydrogens (tertiary/aromatic N) is 3. The molecule has 0 aliphatic carbocycles. The highest BCUT2D eigenvalue weighted by Gasteiger charge is 2.35. The molecule has 1 fully saturated rings. The van der Waals surface area contributed by atoms with Crippen LogP contribution in [0.15, 0.2) is 91.0 Å². The van der Waals surface area contributed by atoms with E-state index in [1.54, 1.807) is 39.8 Å². The molecule has 1 aliphatic heterocycles. The van der Waals surface area contributed by atoms with Crippen LogP contribution in [0, 0.1) is 5.92 Å². The van der Waals surface area contributed by atoms with E-state index in [-0.39, 0.29) is 48.7 Å². The van der Waals surface area contributed by atoms with Crippen molar-refractivity contribution < 1.29 is 72.2 Å². The second kappa shape index (κ2) is 219. The number of piperidine rings is 1. The summed E-state index contributed by atoms with van der Waals surface area (Å²) in [4.78, 5) is 137. The van der Waals surface area contributed by atoms with Crippen LogP contribution in [-0.4, -0.2) is 212 Å². The molecule has 3 aromatic rings. The molecule has 1 saturated heterocycles. The number of nitrogens with two attached hydrogens (primary N) is 7. The number of aliphatic hydroxyl groups is 1. The summed E-state index contributed by atoms with van der Waals surface area (Å²) < 4.78 is 0. The molecule has 29 nitrogen and oxygen atoms in total. The van der Waals surface area contributed by atoms with Crippen LogP contribution >= 0.6 is 0 Å². The Morgan fingerprint density at radius 2 is 0.612 bits per heavy atom. The van der Waals surface area contributed by atoms with E-state index in [9.17, 15) is 19.2 Å². The Morgan fingerprint density at radius 3 is 0.806 bits per heavy atom. The number of aliphatic hydroxyl groups excluding tert-OH is 1. The van der Waals surface area contributed by atoms with Crippen molar-refractivity contribution in [2.45, 2.75) is 201 Å². The normalized spacial score (nSPS) is 8.32. The topological polar surface area (TPSA) is 568 Å². The van der Waals surface area contributed by atoms with Gasteiger partial charge in [-0.1, -0.05) is 202 Å². The second-order valence-electron chi connectivity index (χ2n) is 14.8. The first-order chi connectivity index (χ1) is 48.6. The number of carbonyl (C=O) groups is 14. The maximum Gasteiger partial charge on any atom is 0.246 e. The third kappa shape index (κ3) is 162. The highest BCUT2D eigenvalue weighted by atomic mass is 16.3. The summed E-state index contributed by atoms with van der Waals surface area (Å²) in [5.41, 5.74) is 34.7. The molecule has 0 unspecified atom stereocenters. The van der Waals surface area contributed by atoms with E-state index >= 15 is 0 Å². The third-order valence-corrected chi connectivity index (χ3v) is 8.56. The van der Waals surface area contributed by atoms with Gasteiger partial charge in [0.15, 0.2) is 0 Å². The maximum atomic E-state index is 13.9. The van der Waals surface area contributed by atoms with Gasteiger partial charge in [-0.25, -0.2) is 0 Å². The maximum absolute atomic E-state index is 13.9. The first kappa shape index (κ1) is 176. The molecule has 3 aromatic carbocycles. The SMILES string of the molecule is C=O.C=O.C=O.C=O.C=O.C=O.C=O.C=O.C=O.C=O.CC.CC.CC.CC.CC.CC.CC(=O)N(C)[C@@H](Cc1ccccc1)C(=O)N(C)[C@@H](Cc1ccccc1)C(=O)N[C@@H](C)C(=O)N1CCCCC1.CC(C)C.CC(C)O.CCc1ccccc1.CN.CN.CN.CN.CN.CN.CN.N.N.N. The van der Waals surface area contributed by atoms with Crippen molar-refractivity contribution in [1.29, 1.82) is 0 Å². The van der Waals surface area contributed by atoms with Crippen LogP contribution in [-0.2, 0) is 86.4 Å². The quantitative estimate of drug-likeness (QED) is 0.0853. The molecule has 4 rings (SSSR count). The van der Waals surface area contributed by atoms with Crippen LogP contribution in [0.5, 0.6) is 0 Å². The smallest absolute Gasteiger partial charge is 0.246 e. The average Bonchev–Trinajstić information content (AvgIpc) is 0.824. The molecule has 1 heterocycles. The van der Waals surface area contributed by atoms with Crippen molar-refractivity contribution in [3.05, 3.63) is 108 Å². The number of likely N-dealkylation sites (N-methyl/N-ethyl adjacent to an activating group) is 2. The number of benzene rings is 3. The highest BCUT2D eigenvalue weighted by molar-refractivity contribution is 5.94. The van der Waals surface area contributed by atoms with Gasteiger partial charge in [0.1, 0.15) is 86.0 Å². The molecular formula is C74H168N14O15. The zero-order chi connectivity index (χ0) is 86.6. The minimum atomic E-state index is -0.861. The standard InChI is InChI=1S/C30H40N4O4.C8H10.C4H10.C3H8O.6C2H6.7CH5N.10CH2O.3H3N/c1-22(29(37)34-18-12-7-13-19-34)31-28(36)26(20-24-14-8-5-9-15-24)33(4)30(38)27(32(3)23(2)35)21-25-16-10-6-11-17-25;1-2-8-6-4-3-5-7-8;1-4(2)3;1-3(2)4;23*1-2;;;/h5-6,8-11,14-17,22,26-27H,7,12-13,18-21H2,1-4H3,(H,31,36);3-7H,2H2,1H3;4H,1-3H3;3-4H,1-2H3;6*1-2H3;7*2H2,1H3;10*1H2;3*1H3/t22-,26-,27-;;;;;;;;;;;;;;;;;;;;;;;;;;;;;/m0............................./s1. The molecule has 0 aromatic heterocycles. The second-order valence-corrected chi connectivity index (χ2v) is 14.8. The van der Waals surface area contributed by atoms with E-state index in [0.29, 0.717) is 19.5 Å². The number of hydrogen-bond donors (Lipinski definition) is 12. The van der Waals surface area contributed by atoms with E-state index < -0.39 is 24.0 Å². The molecule has 0 saturated carbocycles. The average molecular weight is 1490 g/mol. The van der Waals surface area contributed by atoms with Crippen molar-refractivity contribution >= 4 is 91.5 Å².